The van der Waals surface area contributed by atoms with Gasteiger partial charge in [-0.05, 0) is 43.7 Å². The van der Waals surface area contributed by atoms with E-state index >= 15 is 0 Å². The number of nitrogens with zero attached hydrogens (tertiary/aromatic N) is 5. The first-order valence-electron chi connectivity index (χ1n) is 11.1. The third-order valence-corrected chi connectivity index (χ3v) is 9.05. The summed E-state index contributed by atoms with van der Waals surface area (Å²) < 4.78 is 46.3. The largest absolute Gasteiger partial charge is 0.494 e. The lowest BCUT2D eigenvalue weighted by atomic mass is 10.2. The van der Waals surface area contributed by atoms with E-state index in [4.69, 9.17) is 25.8 Å². The van der Waals surface area contributed by atoms with Gasteiger partial charge in [0, 0.05) is 19.5 Å². The molecule has 10 nitrogen and oxygen atoms in total. The number of thiophene rings is 1. The van der Waals surface area contributed by atoms with Crippen LogP contribution in [-0.4, -0.2) is 59.7 Å². The van der Waals surface area contributed by atoms with E-state index in [0.717, 1.165) is 5.56 Å². The fraction of sp³-hybridized carbons (Fsp3) is 0.333. The van der Waals surface area contributed by atoms with Gasteiger partial charge in [0.25, 0.3) is 0 Å². The van der Waals surface area contributed by atoms with E-state index in [0.29, 0.717) is 32.2 Å². The number of benzene rings is 1. The summed E-state index contributed by atoms with van der Waals surface area (Å²) in [5.74, 6) is 1.34. The number of aromatic nitrogens is 5. The average molecular weight is 564 g/mol. The topological polar surface area (TPSA) is 118 Å². The summed E-state index contributed by atoms with van der Waals surface area (Å²) in [4.78, 5) is 9.24. The second-order valence-corrected chi connectivity index (χ2v) is 12.3. The van der Waals surface area contributed by atoms with Crippen LogP contribution in [-0.2, 0) is 20.3 Å². The van der Waals surface area contributed by atoms with Crippen LogP contribution in [0.15, 0.2) is 42.7 Å². The summed E-state index contributed by atoms with van der Waals surface area (Å²) in [5, 5.41) is 7.63. The fourth-order valence-corrected chi connectivity index (χ4v) is 6.28. The minimum Gasteiger partial charge on any atom is -0.494 e. The van der Waals surface area contributed by atoms with Crippen molar-refractivity contribution in [3.05, 3.63) is 64.3 Å². The van der Waals surface area contributed by atoms with E-state index < -0.39 is 26.9 Å². The van der Waals surface area contributed by atoms with Crippen molar-refractivity contribution >= 4 is 32.8 Å². The summed E-state index contributed by atoms with van der Waals surface area (Å²) >= 11 is 7.49. The first-order chi connectivity index (χ1) is 17.7. The van der Waals surface area contributed by atoms with Crippen LogP contribution >= 0.6 is 22.9 Å². The molecule has 0 N–H and O–H groups in total. The van der Waals surface area contributed by atoms with E-state index in [1.54, 1.807) is 54.2 Å². The highest BCUT2D eigenvalue weighted by molar-refractivity contribution is 7.91. The van der Waals surface area contributed by atoms with Gasteiger partial charge in [-0.3, -0.25) is 4.57 Å². The lowest BCUT2D eigenvalue weighted by Crippen LogP contribution is -2.30. The molecule has 0 amide bonds. The molecule has 0 saturated heterocycles. The highest BCUT2D eigenvalue weighted by atomic mass is 35.5. The Morgan fingerprint density at radius 3 is 2.22 bits per heavy atom. The van der Waals surface area contributed by atoms with Crippen molar-refractivity contribution in [2.45, 2.75) is 31.0 Å². The molecule has 37 heavy (non-hydrogen) atoms. The first-order valence-corrected chi connectivity index (χ1v) is 14.1. The number of hydrogen-bond donors (Lipinski definition) is 0. The van der Waals surface area contributed by atoms with Crippen LogP contribution < -0.4 is 9.47 Å². The second-order valence-electron chi connectivity index (χ2n) is 8.18. The number of para-hydroxylation sites is 1. The lowest BCUT2D eigenvalue weighted by Gasteiger charge is -2.22. The maximum atomic E-state index is 13.7. The molecule has 3 heterocycles. The molecule has 1 aromatic carbocycles. The maximum Gasteiger partial charge on any atom is 0.178 e. The zero-order valence-electron chi connectivity index (χ0n) is 20.9. The Morgan fingerprint density at radius 2 is 1.68 bits per heavy atom. The molecule has 0 aliphatic carbocycles. The van der Waals surface area contributed by atoms with Gasteiger partial charge in [0.1, 0.15) is 29.0 Å². The van der Waals surface area contributed by atoms with E-state index in [9.17, 15) is 8.42 Å². The quantitative estimate of drug-likeness (QED) is 0.275. The van der Waals surface area contributed by atoms with Crippen molar-refractivity contribution < 1.29 is 22.6 Å². The average Bonchev–Trinajstić information content (AvgIpc) is 3.50. The molecule has 196 valence electrons. The molecule has 0 aliphatic heterocycles. The number of sulfone groups is 1. The third-order valence-electron chi connectivity index (χ3n) is 5.78. The molecule has 13 heteroatoms. The smallest absolute Gasteiger partial charge is 0.178 e. The van der Waals surface area contributed by atoms with E-state index in [-0.39, 0.29) is 11.6 Å². The van der Waals surface area contributed by atoms with Crippen LogP contribution in [0.25, 0.3) is 16.4 Å². The highest BCUT2D eigenvalue weighted by Crippen LogP contribution is 2.39. The number of aryl methyl sites for hydroxylation is 1. The Bertz CT molecular complexity index is 1470. The molecule has 0 saturated carbocycles. The SMILES string of the molecule is COc1cccc(OC)c1-n1c(CS(=O)(=O)[C@@H](C)[C@H](OC)c2ncc(C)cn2)nnc1-c1ccc(Cl)s1. The Morgan fingerprint density at radius 1 is 1.03 bits per heavy atom. The third kappa shape index (κ3) is 5.47. The number of ether oxygens (including phenoxy) is 3. The van der Waals surface area contributed by atoms with Crippen LogP contribution in [0.2, 0.25) is 4.34 Å². The van der Waals surface area contributed by atoms with Crippen molar-refractivity contribution in [1.82, 2.24) is 24.7 Å². The Balaban J connectivity index is 1.82. The monoisotopic (exact) mass is 563 g/mol. The first kappa shape index (κ1) is 27.0. The number of halogens is 1. The van der Waals surface area contributed by atoms with Crippen molar-refractivity contribution in [3.63, 3.8) is 0 Å². The summed E-state index contributed by atoms with van der Waals surface area (Å²) in [7, 11) is 0.625. The fourth-order valence-electron chi connectivity index (χ4n) is 3.85. The van der Waals surface area contributed by atoms with Gasteiger partial charge < -0.3 is 14.2 Å². The van der Waals surface area contributed by atoms with Gasteiger partial charge in [-0.2, -0.15) is 0 Å². The van der Waals surface area contributed by atoms with Gasteiger partial charge in [0.05, 0.1) is 28.7 Å². The molecular weight excluding hydrogens is 538 g/mol. The molecule has 0 spiro atoms. The molecule has 0 unspecified atom stereocenters. The van der Waals surface area contributed by atoms with Crippen LogP contribution in [0.4, 0.5) is 0 Å². The highest BCUT2D eigenvalue weighted by Gasteiger charge is 2.35. The van der Waals surface area contributed by atoms with Crippen LogP contribution in [0, 0.1) is 6.92 Å². The Kier molecular flexibility index (Phi) is 8.12. The van der Waals surface area contributed by atoms with Crippen LogP contribution in [0.3, 0.4) is 0 Å². The number of rotatable bonds is 10. The van der Waals surface area contributed by atoms with Gasteiger partial charge in [-0.1, -0.05) is 17.7 Å². The van der Waals surface area contributed by atoms with Crippen LogP contribution in [0.1, 0.15) is 30.2 Å². The van der Waals surface area contributed by atoms with Crippen LogP contribution in [0.5, 0.6) is 11.5 Å². The molecular formula is C24H26ClN5O5S2. The minimum atomic E-state index is -3.85. The van der Waals surface area contributed by atoms with Gasteiger partial charge in [-0.25, -0.2) is 18.4 Å². The van der Waals surface area contributed by atoms with Crippen molar-refractivity contribution in [2.24, 2.45) is 0 Å². The van der Waals surface area contributed by atoms with Gasteiger partial charge >= 0.3 is 0 Å². The minimum absolute atomic E-state index is 0.175. The van der Waals surface area contributed by atoms with Crippen molar-refractivity contribution in [3.8, 4) is 27.9 Å². The lowest BCUT2D eigenvalue weighted by molar-refractivity contribution is 0.0947. The molecule has 4 rings (SSSR count). The van der Waals surface area contributed by atoms with E-state index in [1.165, 1.54) is 32.7 Å². The normalized spacial score (nSPS) is 13.4. The van der Waals surface area contributed by atoms with Gasteiger partial charge in [-0.15, -0.1) is 21.5 Å². The van der Waals surface area contributed by atoms with Crippen molar-refractivity contribution in [2.75, 3.05) is 21.3 Å². The molecule has 4 aromatic rings. The van der Waals surface area contributed by atoms with Gasteiger partial charge in [0.2, 0.25) is 0 Å². The Labute approximate surface area is 224 Å². The molecule has 2 atom stereocenters. The summed E-state index contributed by atoms with van der Waals surface area (Å²) in [5.41, 5.74) is 1.33. The summed E-state index contributed by atoms with van der Waals surface area (Å²) in [6, 6.07) is 8.81. The predicted molar refractivity (Wildman–Crippen MR) is 141 cm³/mol. The standard InChI is InChI=1S/C24H26ClN5O5S2/c1-14-11-26-23(27-12-14)22(35-5)15(2)37(31,32)13-20-28-29-24(18-9-10-19(25)36-18)30(20)21-16(33-3)7-6-8-17(21)34-4/h6-12,15,22H,13H2,1-5H3/t15-,22-/m0/s1. The van der Waals surface area contributed by atoms with E-state index in [2.05, 4.69) is 20.2 Å². The molecule has 0 aliphatic rings. The Hall–Kier alpha value is -3.06. The van der Waals surface area contributed by atoms with Gasteiger partial charge in [0.15, 0.2) is 27.3 Å². The molecule has 3 aromatic heterocycles. The second kappa shape index (κ2) is 11.1. The number of hydrogen-bond acceptors (Lipinski definition) is 10. The maximum absolute atomic E-state index is 13.7. The van der Waals surface area contributed by atoms with E-state index in [1.807, 2.05) is 6.92 Å². The molecule has 0 fully saturated rings. The summed E-state index contributed by atoms with van der Waals surface area (Å²) in [6.45, 7) is 3.42. The zero-order chi connectivity index (χ0) is 26.7. The molecule has 0 radical (unpaired) electrons. The summed E-state index contributed by atoms with van der Waals surface area (Å²) in [6.07, 6.45) is 2.37. The predicted octanol–water partition coefficient (Wildman–Crippen LogP) is 4.46. The number of methoxy groups -OCH3 is 3. The molecule has 0 bridgehead atoms. The van der Waals surface area contributed by atoms with Crippen molar-refractivity contribution in [1.29, 1.82) is 0 Å². The zero-order valence-corrected chi connectivity index (χ0v) is 23.3.